The van der Waals surface area contributed by atoms with E-state index in [0.29, 0.717) is 11.8 Å². The maximum atomic E-state index is 11.8. The van der Waals surface area contributed by atoms with E-state index in [1.165, 1.54) is 0 Å². The third-order valence-electron chi connectivity index (χ3n) is 3.13. The van der Waals surface area contributed by atoms with Crippen LogP contribution >= 0.6 is 11.6 Å². The average Bonchev–Trinajstić information content (AvgIpc) is 2.35. The summed E-state index contributed by atoms with van der Waals surface area (Å²) < 4.78 is 5.43. The van der Waals surface area contributed by atoms with Gasteiger partial charge in [0.25, 0.3) is 0 Å². The Morgan fingerprint density at radius 1 is 1.56 bits per heavy atom. The first-order valence-electron chi connectivity index (χ1n) is 6.23. The number of ether oxygens (including phenoxy) is 1. The molecule has 1 fully saturated rings. The van der Waals surface area contributed by atoms with Crippen LogP contribution in [0.5, 0.6) is 0 Å². The zero-order chi connectivity index (χ0) is 11.8. The number of hydrogen-bond donors (Lipinski definition) is 1. The molecule has 3 nitrogen and oxygen atoms in total. The van der Waals surface area contributed by atoms with Gasteiger partial charge in [0, 0.05) is 19.0 Å². The lowest BCUT2D eigenvalue weighted by Crippen LogP contribution is -2.40. The van der Waals surface area contributed by atoms with Gasteiger partial charge in [0.2, 0.25) is 5.91 Å². The average molecular weight is 248 g/mol. The van der Waals surface area contributed by atoms with Crippen molar-refractivity contribution in [2.75, 3.05) is 19.0 Å². The summed E-state index contributed by atoms with van der Waals surface area (Å²) >= 11 is 5.70. The predicted octanol–water partition coefficient (Wildman–Crippen LogP) is 2.33. The summed E-state index contributed by atoms with van der Waals surface area (Å²) in [4.78, 5) is 11.8. The minimum atomic E-state index is -0.220. The normalized spacial score (nSPS) is 22.8. The first kappa shape index (κ1) is 13.8. The minimum Gasteiger partial charge on any atom is -0.368 e. The molecule has 0 bridgehead atoms. The van der Waals surface area contributed by atoms with E-state index < -0.39 is 0 Å². The summed E-state index contributed by atoms with van der Waals surface area (Å²) in [5.74, 6) is 1.20. The molecule has 0 aromatic heterocycles. The molecule has 4 heteroatoms. The number of carbonyl (C=O) groups excluding carboxylic acids is 1. The monoisotopic (exact) mass is 247 g/mol. The van der Waals surface area contributed by atoms with Gasteiger partial charge in [0.1, 0.15) is 6.10 Å². The summed E-state index contributed by atoms with van der Waals surface area (Å²) in [5, 5.41) is 2.97. The molecule has 1 aliphatic heterocycles. The molecule has 1 amide bonds. The molecule has 0 aromatic carbocycles. The lowest BCUT2D eigenvalue weighted by Gasteiger charge is -2.23. The molecular weight excluding hydrogens is 226 g/mol. The van der Waals surface area contributed by atoms with E-state index in [9.17, 15) is 4.79 Å². The molecule has 1 aliphatic rings. The fourth-order valence-corrected chi connectivity index (χ4v) is 2.22. The molecule has 0 aromatic rings. The summed E-state index contributed by atoms with van der Waals surface area (Å²) in [5.41, 5.74) is 0. The SMILES string of the molecule is CCC(CCCl)CNC(=O)C1CCCCO1. The van der Waals surface area contributed by atoms with Crippen molar-refractivity contribution in [3.8, 4) is 0 Å². The fourth-order valence-electron chi connectivity index (χ4n) is 1.91. The Labute approximate surface area is 103 Å². The van der Waals surface area contributed by atoms with Crippen molar-refractivity contribution in [1.82, 2.24) is 5.32 Å². The molecule has 2 atom stereocenters. The second kappa shape index (κ2) is 7.91. The van der Waals surface area contributed by atoms with Gasteiger partial charge < -0.3 is 10.1 Å². The van der Waals surface area contributed by atoms with Crippen molar-refractivity contribution >= 4 is 17.5 Å². The first-order chi connectivity index (χ1) is 7.77. The fraction of sp³-hybridized carbons (Fsp3) is 0.917. The summed E-state index contributed by atoms with van der Waals surface area (Å²) in [6, 6.07) is 0. The lowest BCUT2D eigenvalue weighted by molar-refractivity contribution is -0.135. The maximum Gasteiger partial charge on any atom is 0.249 e. The zero-order valence-electron chi connectivity index (χ0n) is 10.0. The molecule has 94 valence electrons. The summed E-state index contributed by atoms with van der Waals surface area (Å²) in [7, 11) is 0. The first-order valence-corrected chi connectivity index (χ1v) is 6.76. The van der Waals surface area contributed by atoms with E-state index in [0.717, 1.165) is 45.3 Å². The molecule has 2 unspecified atom stereocenters. The van der Waals surface area contributed by atoms with Gasteiger partial charge in [-0.05, 0) is 31.6 Å². The maximum absolute atomic E-state index is 11.8. The van der Waals surface area contributed by atoms with E-state index in [4.69, 9.17) is 16.3 Å². The molecule has 1 N–H and O–H groups in total. The second-order valence-corrected chi connectivity index (χ2v) is 4.73. The number of nitrogens with one attached hydrogen (secondary N) is 1. The van der Waals surface area contributed by atoms with Crippen LogP contribution in [0.25, 0.3) is 0 Å². The third kappa shape index (κ3) is 4.71. The summed E-state index contributed by atoms with van der Waals surface area (Å²) in [6.45, 7) is 3.57. The van der Waals surface area contributed by atoms with Gasteiger partial charge in [0.05, 0.1) is 0 Å². The zero-order valence-corrected chi connectivity index (χ0v) is 10.8. The van der Waals surface area contributed by atoms with Crippen molar-refractivity contribution in [3.05, 3.63) is 0 Å². The number of alkyl halides is 1. The van der Waals surface area contributed by atoms with E-state index in [2.05, 4.69) is 12.2 Å². The van der Waals surface area contributed by atoms with Crippen molar-refractivity contribution in [2.24, 2.45) is 5.92 Å². The van der Waals surface area contributed by atoms with Crippen LogP contribution in [0.15, 0.2) is 0 Å². The molecule has 0 saturated carbocycles. The third-order valence-corrected chi connectivity index (χ3v) is 3.35. The van der Waals surface area contributed by atoms with Gasteiger partial charge in [-0.1, -0.05) is 13.3 Å². The van der Waals surface area contributed by atoms with Crippen molar-refractivity contribution in [1.29, 1.82) is 0 Å². The van der Waals surface area contributed by atoms with Crippen LogP contribution in [-0.2, 0) is 9.53 Å². The van der Waals surface area contributed by atoms with E-state index in [1.54, 1.807) is 0 Å². The molecule has 1 saturated heterocycles. The molecule has 0 radical (unpaired) electrons. The van der Waals surface area contributed by atoms with Gasteiger partial charge >= 0.3 is 0 Å². The largest absolute Gasteiger partial charge is 0.368 e. The smallest absolute Gasteiger partial charge is 0.249 e. The molecule has 1 heterocycles. The van der Waals surface area contributed by atoms with Crippen molar-refractivity contribution in [2.45, 2.75) is 45.1 Å². The number of hydrogen-bond acceptors (Lipinski definition) is 2. The molecule has 0 spiro atoms. The van der Waals surface area contributed by atoms with Crippen molar-refractivity contribution < 1.29 is 9.53 Å². The van der Waals surface area contributed by atoms with E-state index >= 15 is 0 Å². The highest BCUT2D eigenvalue weighted by atomic mass is 35.5. The predicted molar refractivity (Wildman–Crippen MR) is 65.7 cm³/mol. The van der Waals surface area contributed by atoms with Crippen LogP contribution in [0.1, 0.15) is 39.0 Å². The Bertz CT molecular complexity index is 205. The standard InChI is InChI=1S/C12H22ClNO2/c1-2-10(6-7-13)9-14-12(15)11-5-3-4-8-16-11/h10-11H,2-9H2,1H3,(H,14,15). The number of carbonyl (C=O) groups is 1. The highest BCUT2D eigenvalue weighted by Crippen LogP contribution is 2.13. The van der Waals surface area contributed by atoms with Gasteiger partial charge in [-0.3, -0.25) is 4.79 Å². The van der Waals surface area contributed by atoms with Crippen LogP contribution in [0.4, 0.5) is 0 Å². The second-order valence-electron chi connectivity index (χ2n) is 4.35. The van der Waals surface area contributed by atoms with Gasteiger partial charge in [-0.15, -0.1) is 11.6 Å². The Hall–Kier alpha value is -0.280. The van der Waals surface area contributed by atoms with Crippen LogP contribution in [-0.4, -0.2) is 31.0 Å². The highest BCUT2D eigenvalue weighted by Gasteiger charge is 2.22. The molecule has 16 heavy (non-hydrogen) atoms. The molecule has 0 aliphatic carbocycles. The lowest BCUT2D eigenvalue weighted by atomic mass is 10.0. The topological polar surface area (TPSA) is 38.3 Å². The number of halogens is 1. The van der Waals surface area contributed by atoms with Crippen LogP contribution in [0.2, 0.25) is 0 Å². The van der Waals surface area contributed by atoms with E-state index in [1.807, 2.05) is 0 Å². The Kier molecular flexibility index (Phi) is 6.81. The van der Waals surface area contributed by atoms with Crippen LogP contribution in [0, 0.1) is 5.92 Å². The molecule has 1 rings (SSSR count). The Morgan fingerprint density at radius 2 is 2.38 bits per heavy atom. The Morgan fingerprint density at radius 3 is 2.94 bits per heavy atom. The summed E-state index contributed by atoms with van der Waals surface area (Å²) in [6.07, 6.45) is 4.83. The van der Waals surface area contributed by atoms with Crippen LogP contribution < -0.4 is 5.32 Å². The molecular formula is C12H22ClNO2. The van der Waals surface area contributed by atoms with Crippen molar-refractivity contribution in [3.63, 3.8) is 0 Å². The van der Waals surface area contributed by atoms with Gasteiger partial charge in [-0.25, -0.2) is 0 Å². The minimum absolute atomic E-state index is 0.0488. The highest BCUT2D eigenvalue weighted by molar-refractivity contribution is 6.17. The van der Waals surface area contributed by atoms with E-state index in [-0.39, 0.29) is 12.0 Å². The number of rotatable bonds is 6. The Balaban J connectivity index is 2.22. The van der Waals surface area contributed by atoms with Gasteiger partial charge in [-0.2, -0.15) is 0 Å². The number of amides is 1. The quantitative estimate of drug-likeness (QED) is 0.732. The van der Waals surface area contributed by atoms with Gasteiger partial charge in [0.15, 0.2) is 0 Å². The van der Waals surface area contributed by atoms with Crippen LogP contribution in [0.3, 0.4) is 0 Å².